The molecule has 1 heterocycles. The molecule has 1 aromatic heterocycles. The Kier molecular flexibility index (Phi) is 9.73. The summed E-state index contributed by atoms with van der Waals surface area (Å²) >= 11 is 0. The predicted octanol–water partition coefficient (Wildman–Crippen LogP) is 2.67. The number of anilines is 1. The van der Waals surface area contributed by atoms with Gasteiger partial charge in [0.05, 0.1) is 22.1 Å². The second-order valence-electron chi connectivity index (χ2n) is 8.11. The van der Waals surface area contributed by atoms with Gasteiger partial charge in [-0.15, -0.1) is 0 Å². The number of aromatic carboxylic acids is 1. The van der Waals surface area contributed by atoms with Crippen molar-refractivity contribution in [3.05, 3.63) is 53.3 Å². The first-order valence-corrected chi connectivity index (χ1v) is 12.8. The molecule has 2 aromatic rings. The quantitative estimate of drug-likeness (QED) is 0.437. The van der Waals surface area contributed by atoms with Crippen LogP contribution in [0.5, 0.6) is 0 Å². The third-order valence-electron chi connectivity index (χ3n) is 5.30. The number of rotatable bonds is 12. The lowest BCUT2D eigenvalue weighted by Gasteiger charge is -2.13. The number of sulfonamides is 1. The monoisotopic (exact) mass is 488 g/mol. The van der Waals surface area contributed by atoms with Gasteiger partial charge in [0.2, 0.25) is 5.91 Å². The van der Waals surface area contributed by atoms with Crippen LogP contribution in [0, 0.1) is 5.92 Å². The second kappa shape index (κ2) is 12.3. The minimum absolute atomic E-state index is 0.0751. The van der Waals surface area contributed by atoms with E-state index >= 15 is 0 Å². The third-order valence-corrected chi connectivity index (χ3v) is 6.65. The summed E-state index contributed by atoms with van der Waals surface area (Å²) in [5.41, 5.74) is 0.420. The molecule has 184 valence electrons. The van der Waals surface area contributed by atoms with Gasteiger partial charge in [0, 0.05) is 17.8 Å². The molecule has 0 bridgehead atoms. The molecule has 0 aliphatic carbocycles. The summed E-state index contributed by atoms with van der Waals surface area (Å²) in [7, 11) is -4.21. The minimum atomic E-state index is -4.21. The summed E-state index contributed by atoms with van der Waals surface area (Å²) in [6, 6.07) is 6.77. The summed E-state index contributed by atoms with van der Waals surface area (Å²) in [4.78, 5) is 39.7. The maximum absolute atomic E-state index is 12.7. The van der Waals surface area contributed by atoms with Crippen molar-refractivity contribution in [1.82, 2.24) is 9.71 Å². The number of pyridine rings is 1. The molecule has 34 heavy (non-hydrogen) atoms. The highest BCUT2D eigenvalue weighted by atomic mass is 32.2. The average Bonchev–Trinajstić information content (AvgIpc) is 2.79. The average molecular weight is 489 g/mol. The van der Waals surface area contributed by atoms with Gasteiger partial charge in [-0.05, 0) is 55.2 Å². The van der Waals surface area contributed by atoms with Crippen molar-refractivity contribution in [2.75, 3.05) is 5.32 Å². The molecule has 2 N–H and O–H groups in total. The summed E-state index contributed by atoms with van der Waals surface area (Å²) in [5, 5.41) is 14.0. The molecule has 0 spiro atoms. The fourth-order valence-corrected chi connectivity index (χ4v) is 4.34. The van der Waals surface area contributed by atoms with Crippen molar-refractivity contribution in [1.29, 1.82) is 0 Å². The summed E-state index contributed by atoms with van der Waals surface area (Å²) in [5.74, 6) is -2.72. The van der Waals surface area contributed by atoms with Crippen molar-refractivity contribution in [3.8, 4) is 0 Å². The highest BCUT2D eigenvalue weighted by Crippen LogP contribution is 2.17. The second-order valence-corrected chi connectivity index (χ2v) is 9.80. The molecule has 0 saturated heterocycles. The Bertz CT molecular complexity index is 1130. The Morgan fingerprint density at radius 3 is 2.32 bits per heavy atom. The van der Waals surface area contributed by atoms with Crippen molar-refractivity contribution in [3.63, 3.8) is 0 Å². The Morgan fingerprint density at radius 1 is 1.06 bits per heavy atom. The van der Waals surface area contributed by atoms with Crippen LogP contribution in [0.4, 0.5) is 5.69 Å². The zero-order valence-electron chi connectivity index (χ0n) is 19.6. The number of carbonyl (C=O) groups excluding carboxylic acids is 3. The number of nitrogens with one attached hydrogen (secondary N) is 2. The number of benzene rings is 1. The topological polar surface area (TPSA) is 145 Å². The molecular weight excluding hydrogens is 458 g/mol. The van der Waals surface area contributed by atoms with E-state index in [1.807, 2.05) is 25.5 Å². The van der Waals surface area contributed by atoms with E-state index in [1.165, 1.54) is 30.3 Å². The summed E-state index contributed by atoms with van der Waals surface area (Å²) in [6.45, 7) is 5.80. The van der Waals surface area contributed by atoms with Crippen molar-refractivity contribution >= 4 is 33.5 Å². The number of aromatic nitrogens is 1. The van der Waals surface area contributed by atoms with E-state index in [4.69, 9.17) is 0 Å². The number of carboxylic acid groups (broad SMARTS) is 1. The lowest BCUT2D eigenvalue weighted by molar-refractivity contribution is -0.255. The van der Waals surface area contributed by atoms with Crippen LogP contribution in [0.2, 0.25) is 0 Å². The van der Waals surface area contributed by atoms with Gasteiger partial charge in [-0.25, -0.2) is 13.1 Å². The highest BCUT2D eigenvalue weighted by molar-refractivity contribution is 7.90. The number of amides is 2. The van der Waals surface area contributed by atoms with Crippen LogP contribution in [0.1, 0.15) is 79.3 Å². The maximum atomic E-state index is 12.7. The maximum Gasteiger partial charge on any atom is 0.266 e. The summed E-state index contributed by atoms with van der Waals surface area (Å²) < 4.78 is 27.3. The first kappa shape index (κ1) is 27.0. The molecule has 1 unspecified atom stereocenters. The van der Waals surface area contributed by atoms with Crippen LogP contribution >= 0.6 is 0 Å². The van der Waals surface area contributed by atoms with E-state index in [9.17, 15) is 27.9 Å². The lowest BCUT2D eigenvalue weighted by atomic mass is 10.0. The molecule has 0 fully saturated rings. The Balaban J connectivity index is 2.15. The summed E-state index contributed by atoms with van der Waals surface area (Å²) in [6.07, 6.45) is 5.48. The van der Waals surface area contributed by atoms with Gasteiger partial charge in [0.1, 0.15) is 0 Å². The Morgan fingerprint density at radius 2 is 1.74 bits per heavy atom. The van der Waals surface area contributed by atoms with Crippen LogP contribution in [0.15, 0.2) is 41.4 Å². The SMILES string of the molecule is CCCCCc1cc(C(=O)NS(=O)(=O)c2ccc(NC(=O)C(C)CCC)cc2)cnc1C(=O)[O-]. The molecule has 0 aliphatic rings. The molecule has 9 nitrogen and oxygen atoms in total. The van der Waals surface area contributed by atoms with Crippen LogP contribution in [0.25, 0.3) is 0 Å². The normalized spacial score (nSPS) is 12.1. The predicted molar refractivity (Wildman–Crippen MR) is 126 cm³/mol. The van der Waals surface area contributed by atoms with Gasteiger partial charge in [-0.2, -0.15) is 0 Å². The van der Waals surface area contributed by atoms with Gasteiger partial charge in [0.25, 0.3) is 15.9 Å². The molecule has 1 atom stereocenters. The smallest absolute Gasteiger partial charge is 0.266 e. The van der Waals surface area contributed by atoms with Crippen LogP contribution in [0.3, 0.4) is 0 Å². The molecule has 0 saturated carbocycles. The molecule has 0 aliphatic heterocycles. The number of hydrogen-bond donors (Lipinski definition) is 2. The minimum Gasteiger partial charge on any atom is -0.543 e. The molecule has 2 amide bonds. The van der Waals surface area contributed by atoms with Crippen molar-refractivity contribution in [2.45, 2.75) is 64.2 Å². The Labute approximate surface area is 200 Å². The first-order valence-electron chi connectivity index (χ1n) is 11.3. The van der Waals surface area contributed by atoms with Gasteiger partial charge < -0.3 is 15.2 Å². The number of aryl methyl sites for hydroxylation is 1. The van der Waals surface area contributed by atoms with Gasteiger partial charge in [-0.1, -0.05) is 40.0 Å². The van der Waals surface area contributed by atoms with Gasteiger partial charge in [0.15, 0.2) is 0 Å². The van der Waals surface area contributed by atoms with Crippen molar-refractivity contribution < 1.29 is 27.9 Å². The fourth-order valence-electron chi connectivity index (χ4n) is 3.36. The lowest BCUT2D eigenvalue weighted by Crippen LogP contribution is -2.31. The number of hydrogen-bond acceptors (Lipinski definition) is 7. The van der Waals surface area contributed by atoms with E-state index in [2.05, 4.69) is 10.3 Å². The number of unbranched alkanes of at least 4 members (excludes halogenated alkanes) is 2. The van der Waals surface area contributed by atoms with Crippen LogP contribution < -0.4 is 15.1 Å². The number of nitrogens with zero attached hydrogens (tertiary/aromatic N) is 1. The highest BCUT2D eigenvalue weighted by Gasteiger charge is 2.20. The largest absolute Gasteiger partial charge is 0.543 e. The zero-order chi connectivity index (χ0) is 25.3. The molecule has 10 heteroatoms. The van der Waals surface area contributed by atoms with E-state index in [1.54, 1.807) is 0 Å². The van der Waals surface area contributed by atoms with E-state index in [0.717, 1.165) is 31.9 Å². The Hall–Kier alpha value is -3.27. The fraction of sp³-hybridized carbons (Fsp3) is 0.417. The third kappa shape index (κ3) is 7.38. The van der Waals surface area contributed by atoms with E-state index < -0.39 is 21.9 Å². The van der Waals surface area contributed by atoms with E-state index in [-0.39, 0.29) is 28.0 Å². The van der Waals surface area contributed by atoms with Crippen molar-refractivity contribution in [2.24, 2.45) is 5.92 Å². The van der Waals surface area contributed by atoms with Gasteiger partial charge in [-0.3, -0.25) is 14.6 Å². The molecule has 0 radical (unpaired) electrons. The zero-order valence-corrected chi connectivity index (χ0v) is 20.4. The van der Waals surface area contributed by atoms with Gasteiger partial charge >= 0.3 is 0 Å². The number of carbonyl (C=O) groups is 3. The molecule has 2 rings (SSSR count). The van der Waals surface area contributed by atoms with Crippen LogP contribution in [-0.4, -0.2) is 31.2 Å². The molecule has 1 aromatic carbocycles. The van der Waals surface area contributed by atoms with E-state index in [0.29, 0.717) is 24.1 Å². The number of carboxylic acids is 1. The van der Waals surface area contributed by atoms with Crippen LogP contribution in [-0.2, 0) is 21.2 Å². The molecular formula is C24H30N3O6S-. The first-order chi connectivity index (χ1) is 16.1. The standard InChI is InChI=1S/C24H31N3O6S/c1-4-6-7-9-17-14-18(15-25-21(17)24(30)31)23(29)27-34(32,33)20-12-10-19(11-13-20)26-22(28)16(3)8-5-2/h10-16H,4-9H2,1-3H3,(H,26,28)(H,27,29)(H,30,31)/p-1.